The van der Waals surface area contributed by atoms with Gasteiger partial charge in [0, 0.05) is 17.3 Å². The number of hydrogen-bond donors (Lipinski definition) is 3. The smallest absolute Gasteiger partial charge is 0.255 e. The number of rotatable bonds is 3. The maximum absolute atomic E-state index is 12.1. The molecule has 20 heavy (non-hydrogen) atoms. The zero-order valence-corrected chi connectivity index (χ0v) is 11.7. The Morgan fingerprint density at radius 2 is 2.05 bits per heavy atom. The fraction of sp³-hybridized carbons (Fsp3) is 0.0714. The largest absolute Gasteiger partial charge is 0.495 e. The van der Waals surface area contributed by atoms with Crippen molar-refractivity contribution in [1.29, 1.82) is 0 Å². The van der Waals surface area contributed by atoms with E-state index in [0.717, 1.165) is 0 Å². The SMILES string of the molecule is COc1ccc(NC(=O)c2ccc([NH3+])c(N)c2)cc1Cl. The molecule has 0 saturated heterocycles. The van der Waals surface area contributed by atoms with Crippen molar-refractivity contribution in [2.24, 2.45) is 0 Å². The summed E-state index contributed by atoms with van der Waals surface area (Å²) >= 11 is 6.00. The number of nitrogens with one attached hydrogen (secondary N) is 1. The molecule has 2 aromatic rings. The highest BCUT2D eigenvalue weighted by atomic mass is 35.5. The number of halogens is 1. The highest BCUT2D eigenvalue weighted by molar-refractivity contribution is 6.32. The Morgan fingerprint density at radius 1 is 1.30 bits per heavy atom. The quantitative estimate of drug-likeness (QED) is 0.756. The molecule has 0 bridgehead atoms. The van der Waals surface area contributed by atoms with Crippen molar-refractivity contribution in [2.45, 2.75) is 0 Å². The lowest BCUT2D eigenvalue weighted by Crippen LogP contribution is -2.41. The number of quaternary nitrogens is 1. The molecule has 0 aliphatic heterocycles. The van der Waals surface area contributed by atoms with Crippen LogP contribution in [0.3, 0.4) is 0 Å². The molecule has 2 rings (SSSR count). The van der Waals surface area contributed by atoms with Gasteiger partial charge in [0.2, 0.25) is 0 Å². The molecule has 6 N–H and O–H groups in total. The predicted molar refractivity (Wildman–Crippen MR) is 79.4 cm³/mol. The lowest BCUT2D eigenvalue weighted by atomic mass is 10.1. The van der Waals surface area contributed by atoms with Gasteiger partial charge in [-0.05, 0) is 30.3 Å². The highest BCUT2D eigenvalue weighted by Gasteiger charge is 2.10. The standard InChI is InChI=1S/C14H14ClN3O2/c1-20-13-5-3-9(7-10(13)15)18-14(19)8-2-4-11(16)12(17)6-8/h2-7H,16-17H2,1H3,(H,18,19)/p+1. The fourth-order valence-electron chi connectivity index (χ4n) is 1.68. The van der Waals surface area contributed by atoms with Gasteiger partial charge in [-0.1, -0.05) is 11.6 Å². The third-order valence-corrected chi connectivity index (χ3v) is 3.11. The first-order valence-corrected chi connectivity index (χ1v) is 6.25. The minimum Gasteiger partial charge on any atom is -0.495 e. The molecule has 0 fully saturated rings. The number of anilines is 2. The first-order valence-electron chi connectivity index (χ1n) is 5.87. The van der Waals surface area contributed by atoms with E-state index in [2.05, 4.69) is 11.1 Å². The lowest BCUT2D eigenvalue weighted by Gasteiger charge is -2.08. The second-order valence-corrected chi connectivity index (χ2v) is 4.62. The second kappa shape index (κ2) is 5.81. The van der Waals surface area contributed by atoms with Gasteiger partial charge in [-0.15, -0.1) is 0 Å². The van der Waals surface area contributed by atoms with E-state index in [9.17, 15) is 4.79 Å². The lowest BCUT2D eigenvalue weighted by molar-refractivity contribution is -0.253. The number of ether oxygens (including phenoxy) is 1. The van der Waals surface area contributed by atoms with Crippen LogP contribution in [0, 0.1) is 0 Å². The molecule has 0 radical (unpaired) electrons. The summed E-state index contributed by atoms with van der Waals surface area (Å²) in [6.07, 6.45) is 0. The average molecular weight is 293 g/mol. The van der Waals surface area contributed by atoms with Gasteiger partial charge in [0.25, 0.3) is 5.91 Å². The van der Waals surface area contributed by atoms with Crippen LogP contribution in [-0.2, 0) is 0 Å². The van der Waals surface area contributed by atoms with Crippen LogP contribution in [0.15, 0.2) is 36.4 Å². The number of hydrogen-bond acceptors (Lipinski definition) is 3. The number of carbonyl (C=O) groups excluding carboxylic acids is 1. The zero-order chi connectivity index (χ0) is 14.7. The molecule has 0 heterocycles. The van der Waals surface area contributed by atoms with Gasteiger partial charge in [0.1, 0.15) is 5.75 Å². The Bertz CT molecular complexity index is 659. The average Bonchev–Trinajstić information content (AvgIpc) is 2.42. The monoisotopic (exact) mass is 292 g/mol. The number of nitrogens with two attached hydrogens (primary N) is 1. The van der Waals surface area contributed by atoms with E-state index < -0.39 is 0 Å². The van der Waals surface area contributed by atoms with E-state index in [1.54, 1.807) is 36.4 Å². The van der Waals surface area contributed by atoms with E-state index in [4.69, 9.17) is 22.1 Å². The molecule has 0 spiro atoms. The summed E-state index contributed by atoms with van der Waals surface area (Å²) < 4.78 is 5.05. The van der Waals surface area contributed by atoms with Crippen LogP contribution < -0.4 is 21.5 Å². The Morgan fingerprint density at radius 3 is 2.65 bits per heavy atom. The van der Waals surface area contributed by atoms with Crippen molar-refractivity contribution in [3.05, 3.63) is 47.0 Å². The molecule has 0 atom stereocenters. The molecule has 0 aliphatic carbocycles. The van der Waals surface area contributed by atoms with Crippen LogP contribution in [-0.4, -0.2) is 13.0 Å². The predicted octanol–water partition coefficient (Wildman–Crippen LogP) is 2.06. The summed E-state index contributed by atoms with van der Waals surface area (Å²) in [5, 5.41) is 3.17. The van der Waals surface area contributed by atoms with Gasteiger partial charge in [-0.2, -0.15) is 0 Å². The van der Waals surface area contributed by atoms with Crippen molar-refractivity contribution >= 4 is 34.6 Å². The first kappa shape index (κ1) is 14.2. The molecule has 2 aromatic carbocycles. The zero-order valence-electron chi connectivity index (χ0n) is 10.9. The van der Waals surface area contributed by atoms with E-state index in [1.807, 2.05) is 0 Å². The number of amides is 1. The van der Waals surface area contributed by atoms with Crippen LogP contribution >= 0.6 is 11.6 Å². The van der Waals surface area contributed by atoms with E-state index in [-0.39, 0.29) is 5.91 Å². The molecule has 0 aromatic heterocycles. The highest BCUT2D eigenvalue weighted by Crippen LogP contribution is 2.27. The van der Waals surface area contributed by atoms with Gasteiger partial charge in [0.05, 0.1) is 17.8 Å². The Labute approximate surface area is 121 Å². The van der Waals surface area contributed by atoms with Crippen molar-refractivity contribution in [2.75, 3.05) is 18.2 Å². The molecular weight excluding hydrogens is 278 g/mol. The van der Waals surface area contributed by atoms with Crippen LogP contribution in [0.2, 0.25) is 5.02 Å². The van der Waals surface area contributed by atoms with Crippen LogP contribution in [0.4, 0.5) is 17.1 Å². The topological polar surface area (TPSA) is 92.0 Å². The number of carbonyl (C=O) groups is 1. The summed E-state index contributed by atoms with van der Waals surface area (Å²) in [5.74, 6) is 0.285. The van der Waals surface area contributed by atoms with Crippen molar-refractivity contribution in [3.8, 4) is 5.75 Å². The molecule has 104 valence electrons. The van der Waals surface area contributed by atoms with Gasteiger partial charge >= 0.3 is 0 Å². The number of benzene rings is 2. The summed E-state index contributed by atoms with van der Waals surface area (Å²) in [6, 6.07) is 9.97. The van der Waals surface area contributed by atoms with Gasteiger partial charge in [-0.3, -0.25) is 4.79 Å². The maximum Gasteiger partial charge on any atom is 0.255 e. The maximum atomic E-state index is 12.1. The molecule has 1 amide bonds. The van der Waals surface area contributed by atoms with Crippen LogP contribution in [0.25, 0.3) is 0 Å². The molecule has 0 aliphatic rings. The van der Waals surface area contributed by atoms with Gasteiger partial charge < -0.3 is 21.5 Å². The Hall–Kier alpha value is -2.24. The first-order chi connectivity index (χ1) is 9.51. The van der Waals surface area contributed by atoms with Crippen LogP contribution in [0.5, 0.6) is 5.75 Å². The Kier molecular flexibility index (Phi) is 4.12. The minimum atomic E-state index is -0.266. The van der Waals surface area contributed by atoms with E-state index >= 15 is 0 Å². The molecular formula is C14H15ClN3O2+. The second-order valence-electron chi connectivity index (χ2n) is 4.22. The van der Waals surface area contributed by atoms with Crippen molar-refractivity contribution in [1.82, 2.24) is 0 Å². The number of nitrogen functional groups attached to an aromatic ring is 1. The van der Waals surface area contributed by atoms with E-state index in [1.165, 1.54) is 7.11 Å². The summed E-state index contributed by atoms with van der Waals surface area (Å²) in [4.78, 5) is 12.1. The normalized spacial score (nSPS) is 10.2. The molecule has 0 saturated carbocycles. The van der Waals surface area contributed by atoms with E-state index in [0.29, 0.717) is 33.4 Å². The third-order valence-electron chi connectivity index (χ3n) is 2.82. The summed E-state index contributed by atoms with van der Waals surface area (Å²) in [6.45, 7) is 0. The van der Waals surface area contributed by atoms with Gasteiger partial charge in [0.15, 0.2) is 5.69 Å². The Balaban J connectivity index is 2.19. The van der Waals surface area contributed by atoms with Gasteiger partial charge in [-0.25, -0.2) is 0 Å². The summed E-state index contributed by atoms with van der Waals surface area (Å²) in [5.41, 5.74) is 11.7. The number of methoxy groups -OCH3 is 1. The molecule has 6 heteroatoms. The molecule has 5 nitrogen and oxygen atoms in total. The molecule has 0 unspecified atom stereocenters. The minimum absolute atomic E-state index is 0.266. The fourth-order valence-corrected chi connectivity index (χ4v) is 1.94. The van der Waals surface area contributed by atoms with Crippen molar-refractivity contribution < 1.29 is 15.3 Å². The van der Waals surface area contributed by atoms with Crippen molar-refractivity contribution in [3.63, 3.8) is 0 Å². The van der Waals surface area contributed by atoms with Crippen LogP contribution in [0.1, 0.15) is 10.4 Å². The summed E-state index contributed by atoms with van der Waals surface area (Å²) in [7, 11) is 1.53. The third kappa shape index (κ3) is 3.01.